The zero-order chi connectivity index (χ0) is 56.2. The summed E-state index contributed by atoms with van der Waals surface area (Å²) in [4.78, 5) is 110. The standard InChI is InChI=1S/C50H62O26/c1-23(51)63-19-34-41(33-13-15-36(38(17-33)62-11)74-49-47(72-31(9)59)45(70-29(7)57)43(68-27(5)55)40(76-49)21-65-25(3)53)66-22-50(34,60)18-32-12-14-35(37(16-32)61-10)73-48-46(71-30(8)58)44(69-28(6)56)42(67-26(4)54)39(75-48)20-64-24(2)52/h12-17,34,39-49,60H,18-22H2,1-11H3/t34-,39-,40-,41-,42-,43-,44+,45+,46-,47-,48-,49-,50-/m1/s1. The minimum Gasteiger partial charge on any atom is -0.493 e. The number of aliphatic hydroxyl groups is 1. The SMILES string of the molecule is COc1cc(C[C@@]2(O)CO[C@H](c3ccc(O[C@@H]4O[C@H](COC(C)=O)[C@@H](OC(C)=O)[C@H](OC(C)=O)[C@H]4OC(C)=O)c(OC)c3)[C@H]2COC(C)=O)ccc1O[C@@H]1O[C@H](COC(C)=O)[C@@H](OC(C)=O)[C@H](OC(C)=O)[C@H]1OC(C)=O. The lowest BCUT2D eigenvalue weighted by molar-refractivity contribution is -0.288. The molecule has 3 aliphatic heterocycles. The highest BCUT2D eigenvalue weighted by Gasteiger charge is 2.56. The first-order valence-electron chi connectivity index (χ1n) is 23.6. The third-order valence-corrected chi connectivity index (χ3v) is 11.7. The summed E-state index contributed by atoms with van der Waals surface area (Å²) in [6, 6.07) is 9.07. The van der Waals surface area contributed by atoms with Crippen LogP contribution >= 0.6 is 0 Å². The van der Waals surface area contributed by atoms with Gasteiger partial charge in [-0.25, -0.2) is 0 Å². The largest absolute Gasteiger partial charge is 0.493 e. The van der Waals surface area contributed by atoms with Crippen molar-refractivity contribution in [3.8, 4) is 23.0 Å². The van der Waals surface area contributed by atoms with Crippen molar-refractivity contribution in [1.82, 2.24) is 0 Å². The molecular weight excluding hydrogens is 1020 g/mol. The van der Waals surface area contributed by atoms with Crippen molar-refractivity contribution in [1.29, 1.82) is 0 Å². The molecule has 26 heteroatoms. The molecule has 3 heterocycles. The van der Waals surface area contributed by atoms with Crippen molar-refractivity contribution in [2.45, 2.75) is 142 Å². The molecule has 2 aromatic rings. The maximum Gasteiger partial charge on any atom is 0.303 e. The molecular formula is C50H62O26. The minimum atomic E-state index is -1.75. The summed E-state index contributed by atoms with van der Waals surface area (Å²) in [6.07, 6.45) is -15.9. The number of carbonyl (C=O) groups is 9. The summed E-state index contributed by atoms with van der Waals surface area (Å²) in [5.74, 6) is -7.95. The third-order valence-electron chi connectivity index (χ3n) is 11.7. The summed E-state index contributed by atoms with van der Waals surface area (Å²) < 4.78 is 91.0. The van der Waals surface area contributed by atoms with Crippen molar-refractivity contribution in [2.75, 3.05) is 40.6 Å². The monoisotopic (exact) mass is 1080 g/mol. The van der Waals surface area contributed by atoms with Crippen LogP contribution in [0.5, 0.6) is 23.0 Å². The molecule has 3 fully saturated rings. The molecule has 2 aromatic carbocycles. The maximum atomic E-state index is 12.5. The molecule has 26 nitrogen and oxygen atoms in total. The van der Waals surface area contributed by atoms with E-state index >= 15 is 0 Å². The van der Waals surface area contributed by atoms with Crippen LogP contribution in [0.15, 0.2) is 36.4 Å². The highest BCUT2D eigenvalue weighted by Crippen LogP contribution is 2.46. The molecule has 76 heavy (non-hydrogen) atoms. The Morgan fingerprint density at radius 3 is 1.28 bits per heavy atom. The van der Waals surface area contributed by atoms with Gasteiger partial charge in [-0.2, -0.15) is 0 Å². The highest BCUT2D eigenvalue weighted by molar-refractivity contribution is 5.70. The topological polar surface area (TPSA) is 322 Å². The van der Waals surface area contributed by atoms with Gasteiger partial charge in [0, 0.05) is 68.7 Å². The number of hydrogen-bond donors (Lipinski definition) is 1. The van der Waals surface area contributed by atoms with E-state index in [9.17, 15) is 48.3 Å². The van der Waals surface area contributed by atoms with Crippen LogP contribution < -0.4 is 18.9 Å². The average Bonchev–Trinajstić information content (AvgIpc) is 3.65. The summed E-state index contributed by atoms with van der Waals surface area (Å²) in [6.45, 7) is 8.33. The molecule has 0 radical (unpaired) electrons. The Labute approximate surface area is 435 Å². The van der Waals surface area contributed by atoms with Crippen molar-refractivity contribution in [2.24, 2.45) is 5.92 Å². The molecule has 1 N–H and O–H groups in total. The van der Waals surface area contributed by atoms with E-state index in [1.165, 1.54) is 45.4 Å². The molecule has 0 unspecified atom stereocenters. The van der Waals surface area contributed by atoms with Gasteiger partial charge in [0.2, 0.25) is 24.8 Å². The van der Waals surface area contributed by atoms with E-state index in [2.05, 4.69) is 0 Å². The maximum absolute atomic E-state index is 12.5. The number of carbonyl (C=O) groups excluding carboxylic acids is 9. The minimum absolute atomic E-state index is 0.00520. The first-order chi connectivity index (χ1) is 35.8. The fourth-order valence-corrected chi connectivity index (χ4v) is 8.75. The van der Waals surface area contributed by atoms with E-state index in [1.54, 1.807) is 12.1 Å². The number of benzene rings is 2. The van der Waals surface area contributed by atoms with Crippen LogP contribution in [0.3, 0.4) is 0 Å². The van der Waals surface area contributed by atoms with Gasteiger partial charge in [-0.05, 0) is 35.4 Å². The van der Waals surface area contributed by atoms with Crippen molar-refractivity contribution in [3.63, 3.8) is 0 Å². The third kappa shape index (κ3) is 15.9. The zero-order valence-electron chi connectivity index (χ0n) is 43.6. The van der Waals surface area contributed by atoms with Gasteiger partial charge in [0.1, 0.15) is 31.0 Å². The van der Waals surface area contributed by atoms with Crippen molar-refractivity contribution < 1.29 is 124 Å². The molecule has 418 valence electrons. The Hall–Kier alpha value is -7.29. The molecule has 5 rings (SSSR count). The second kappa shape index (κ2) is 26.5. The lowest BCUT2D eigenvalue weighted by Gasteiger charge is -2.44. The lowest BCUT2D eigenvalue weighted by atomic mass is 9.80. The fourth-order valence-electron chi connectivity index (χ4n) is 8.75. The number of rotatable bonds is 21. The summed E-state index contributed by atoms with van der Waals surface area (Å²) in [7, 11) is 2.64. The van der Waals surface area contributed by atoms with E-state index in [-0.39, 0.29) is 42.6 Å². The van der Waals surface area contributed by atoms with E-state index in [0.29, 0.717) is 11.1 Å². The Kier molecular flexibility index (Phi) is 20.7. The van der Waals surface area contributed by atoms with Crippen LogP contribution in [0.4, 0.5) is 0 Å². The Balaban J connectivity index is 1.45. The molecule has 0 aromatic heterocycles. The first-order valence-corrected chi connectivity index (χ1v) is 23.6. The van der Waals surface area contributed by atoms with Gasteiger partial charge in [0.15, 0.2) is 47.4 Å². The Morgan fingerprint density at radius 1 is 0.487 bits per heavy atom. The van der Waals surface area contributed by atoms with Crippen LogP contribution in [0.1, 0.15) is 79.5 Å². The predicted octanol–water partition coefficient (Wildman–Crippen LogP) is 1.85. The van der Waals surface area contributed by atoms with Crippen LogP contribution in [0, 0.1) is 5.92 Å². The molecule has 13 atom stereocenters. The fraction of sp³-hybridized carbons (Fsp3) is 0.580. The van der Waals surface area contributed by atoms with E-state index in [1.807, 2.05) is 0 Å². The number of esters is 9. The van der Waals surface area contributed by atoms with E-state index < -0.39 is 146 Å². The quantitative estimate of drug-likeness (QED) is 0.138. The molecule has 3 saturated heterocycles. The van der Waals surface area contributed by atoms with Gasteiger partial charge < -0.3 is 80.9 Å². The van der Waals surface area contributed by atoms with Crippen LogP contribution in [0.25, 0.3) is 0 Å². The number of methoxy groups -OCH3 is 2. The second-order valence-electron chi connectivity index (χ2n) is 17.7. The van der Waals surface area contributed by atoms with Gasteiger partial charge in [0.25, 0.3) is 0 Å². The molecule has 0 aliphatic carbocycles. The summed E-state index contributed by atoms with van der Waals surface area (Å²) >= 11 is 0. The van der Waals surface area contributed by atoms with E-state index in [4.69, 9.17) is 75.8 Å². The normalized spacial score (nSPS) is 27.7. The van der Waals surface area contributed by atoms with Gasteiger partial charge in [-0.3, -0.25) is 43.2 Å². The highest BCUT2D eigenvalue weighted by atomic mass is 16.8. The average molecular weight is 1080 g/mol. The Bertz CT molecular complexity index is 2460. The van der Waals surface area contributed by atoms with Crippen LogP contribution in [0.2, 0.25) is 0 Å². The van der Waals surface area contributed by atoms with Crippen LogP contribution in [-0.4, -0.2) is 166 Å². The van der Waals surface area contributed by atoms with Gasteiger partial charge >= 0.3 is 53.7 Å². The molecule has 0 bridgehead atoms. The summed E-state index contributed by atoms with van der Waals surface area (Å²) in [5, 5.41) is 12.5. The predicted molar refractivity (Wildman–Crippen MR) is 249 cm³/mol. The molecule has 0 saturated carbocycles. The van der Waals surface area contributed by atoms with Gasteiger partial charge in [0.05, 0.1) is 39.5 Å². The van der Waals surface area contributed by atoms with Gasteiger partial charge in [-0.15, -0.1) is 0 Å². The van der Waals surface area contributed by atoms with Crippen LogP contribution in [-0.2, 0) is 106 Å². The molecule has 0 spiro atoms. The van der Waals surface area contributed by atoms with Crippen molar-refractivity contribution in [3.05, 3.63) is 47.5 Å². The summed E-state index contributed by atoms with van der Waals surface area (Å²) in [5.41, 5.74) is -0.884. The lowest BCUT2D eigenvalue weighted by Crippen LogP contribution is -2.63. The molecule has 0 amide bonds. The van der Waals surface area contributed by atoms with Gasteiger partial charge in [-0.1, -0.05) is 12.1 Å². The van der Waals surface area contributed by atoms with E-state index in [0.717, 1.165) is 55.4 Å². The zero-order valence-corrected chi connectivity index (χ0v) is 43.6. The van der Waals surface area contributed by atoms with Crippen molar-refractivity contribution >= 4 is 53.7 Å². The molecule has 3 aliphatic rings. The number of hydrogen-bond acceptors (Lipinski definition) is 26. The smallest absolute Gasteiger partial charge is 0.303 e. The Morgan fingerprint density at radius 2 is 0.868 bits per heavy atom. The second-order valence-corrected chi connectivity index (χ2v) is 17.7. The number of ether oxygens (including phenoxy) is 16. The first kappa shape index (κ1) is 59.6.